The molecule has 0 aliphatic heterocycles. The van der Waals surface area contributed by atoms with Crippen LogP contribution in [-0.2, 0) is 11.2 Å². The van der Waals surface area contributed by atoms with E-state index in [2.05, 4.69) is 5.32 Å². The quantitative estimate of drug-likeness (QED) is 0.941. The van der Waals surface area contributed by atoms with Gasteiger partial charge in [0.15, 0.2) is 0 Å². The third kappa shape index (κ3) is 4.09. The van der Waals surface area contributed by atoms with E-state index in [-0.39, 0.29) is 18.2 Å². The highest BCUT2D eigenvalue weighted by Gasteiger charge is 2.14. The average molecular weight is 317 g/mol. The molecule has 0 spiro atoms. The van der Waals surface area contributed by atoms with Crippen LogP contribution < -0.4 is 5.32 Å². The van der Waals surface area contributed by atoms with Crippen LogP contribution in [-0.4, -0.2) is 30.8 Å². The Morgan fingerprint density at radius 1 is 1.05 bits per heavy atom. The molecule has 0 fully saturated rings. The standard InChI is InChI=1S/C17H17ClN2O2/c1-20(2)17(22)14-5-3-4-6-15(14)19-16(21)11-12-7-9-13(18)10-8-12/h3-10H,11H2,1-2H3,(H,19,21). The third-order valence-electron chi connectivity index (χ3n) is 3.12. The molecule has 114 valence electrons. The summed E-state index contributed by atoms with van der Waals surface area (Å²) in [6.45, 7) is 0. The lowest BCUT2D eigenvalue weighted by molar-refractivity contribution is -0.115. The van der Waals surface area contributed by atoms with E-state index >= 15 is 0 Å². The monoisotopic (exact) mass is 316 g/mol. The Morgan fingerprint density at radius 3 is 2.32 bits per heavy atom. The van der Waals surface area contributed by atoms with Crippen molar-refractivity contribution in [1.29, 1.82) is 0 Å². The van der Waals surface area contributed by atoms with Crippen molar-refractivity contribution in [3.63, 3.8) is 0 Å². The van der Waals surface area contributed by atoms with Crippen LogP contribution in [0, 0.1) is 0 Å². The minimum absolute atomic E-state index is 0.151. The predicted octanol–water partition coefficient (Wildman–Crippen LogP) is 3.22. The molecule has 2 aromatic carbocycles. The second kappa shape index (κ2) is 7.09. The predicted molar refractivity (Wildman–Crippen MR) is 88.2 cm³/mol. The van der Waals surface area contributed by atoms with Crippen LogP contribution in [0.1, 0.15) is 15.9 Å². The van der Waals surface area contributed by atoms with Crippen LogP contribution in [0.4, 0.5) is 5.69 Å². The number of carbonyl (C=O) groups is 2. The van der Waals surface area contributed by atoms with Crippen molar-refractivity contribution in [3.8, 4) is 0 Å². The molecule has 0 radical (unpaired) electrons. The second-order valence-electron chi connectivity index (χ2n) is 5.10. The third-order valence-corrected chi connectivity index (χ3v) is 3.37. The second-order valence-corrected chi connectivity index (χ2v) is 5.53. The van der Waals surface area contributed by atoms with E-state index < -0.39 is 0 Å². The number of carbonyl (C=O) groups excluding carboxylic acids is 2. The number of nitrogens with one attached hydrogen (secondary N) is 1. The van der Waals surface area contributed by atoms with Crippen molar-refractivity contribution in [2.75, 3.05) is 19.4 Å². The zero-order valence-corrected chi connectivity index (χ0v) is 13.2. The van der Waals surface area contributed by atoms with Gasteiger partial charge in [0.25, 0.3) is 5.91 Å². The van der Waals surface area contributed by atoms with Crippen molar-refractivity contribution >= 4 is 29.1 Å². The van der Waals surface area contributed by atoms with Gasteiger partial charge in [0.2, 0.25) is 5.91 Å². The van der Waals surface area contributed by atoms with Gasteiger partial charge in [0.05, 0.1) is 17.7 Å². The molecule has 5 heteroatoms. The summed E-state index contributed by atoms with van der Waals surface area (Å²) in [6.07, 6.45) is 0.224. The maximum absolute atomic E-state index is 12.1. The van der Waals surface area contributed by atoms with E-state index in [9.17, 15) is 9.59 Å². The number of hydrogen-bond donors (Lipinski definition) is 1. The fourth-order valence-corrected chi connectivity index (χ4v) is 2.13. The SMILES string of the molecule is CN(C)C(=O)c1ccccc1NC(=O)Cc1ccc(Cl)cc1. The summed E-state index contributed by atoms with van der Waals surface area (Å²) in [4.78, 5) is 25.7. The molecule has 2 amide bonds. The summed E-state index contributed by atoms with van der Waals surface area (Å²) < 4.78 is 0. The molecule has 0 aliphatic rings. The first-order chi connectivity index (χ1) is 10.5. The Hall–Kier alpha value is -2.33. The van der Waals surface area contributed by atoms with Crippen LogP contribution in [0.3, 0.4) is 0 Å². The summed E-state index contributed by atoms with van der Waals surface area (Å²) in [7, 11) is 3.35. The van der Waals surface area contributed by atoms with Gasteiger partial charge in [0, 0.05) is 19.1 Å². The number of halogens is 1. The Kier molecular flexibility index (Phi) is 5.17. The van der Waals surface area contributed by atoms with Gasteiger partial charge in [-0.05, 0) is 29.8 Å². The minimum Gasteiger partial charge on any atom is -0.345 e. The molecular formula is C17H17ClN2O2. The number of anilines is 1. The smallest absolute Gasteiger partial charge is 0.255 e. The molecule has 0 unspecified atom stereocenters. The zero-order chi connectivity index (χ0) is 16.1. The number of amides is 2. The number of nitrogens with zero attached hydrogens (tertiary/aromatic N) is 1. The van der Waals surface area contributed by atoms with Crippen molar-refractivity contribution in [3.05, 3.63) is 64.7 Å². The van der Waals surface area contributed by atoms with E-state index in [0.29, 0.717) is 16.3 Å². The van der Waals surface area contributed by atoms with E-state index in [1.165, 1.54) is 4.90 Å². The summed E-state index contributed by atoms with van der Waals surface area (Å²) in [5.41, 5.74) is 1.84. The Balaban J connectivity index is 2.12. The lowest BCUT2D eigenvalue weighted by atomic mass is 10.1. The van der Waals surface area contributed by atoms with Gasteiger partial charge >= 0.3 is 0 Å². The molecule has 0 bridgehead atoms. The van der Waals surface area contributed by atoms with Gasteiger partial charge in [0.1, 0.15) is 0 Å². The fourth-order valence-electron chi connectivity index (χ4n) is 2.00. The zero-order valence-electron chi connectivity index (χ0n) is 12.5. The first-order valence-electron chi connectivity index (χ1n) is 6.82. The van der Waals surface area contributed by atoms with E-state index in [4.69, 9.17) is 11.6 Å². The molecule has 0 aromatic heterocycles. The molecule has 2 rings (SSSR count). The minimum atomic E-state index is -0.179. The molecule has 0 saturated heterocycles. The summed E-state index contributed by atoms with van der Waals surface area (Å²) in [6, 6.07) is 14.1. The summed E-state index contributed by atoms with van der Waals surface area (Å²) in [5.74, 6) is -0.330. The summed E-state index contributed by atoms with van der Waals surface area (Å²) >= 11 is 5.82. The van der Waals surface area contributed by atoms with Crippen LogP contribution in [0.25, 0.3) is 0 Å². The van der Waals surface area contributed by atoms with Crippen LogP contribution in [0.2, 0.25) is 5.02 Å². The molecule has 0 saturated carbocycles. The lowest BCUT2D eigenvalue weighted by Gasteiger charge is -2.14. The maximum Gasteiger partial charge on any atom is 0.255 e. The van der Waals surface area contributed by atoms with Crippen LogP contribution >= 0.6 is 11.6 Å². The molecule has 2 aromatic rings. The van der Waals surface area contributed by atoms with Crippen molar-refractivity contribution in [2.45, 2.75) is 6.42 Å². The van der Waals surface area contributed by atoms with Gasteiger partial charge in [-0.25, -0.2) is 0 Å². The van der Waals surface area contributed by atoms with Gasteiger partial charge < -0.3 is 10.2 Å². The molecule has 0 aliphatic carbocycles. The molecular weight excluding hydrogens is 300 g/mol. The molecule has 22 heavy (non-hydrogen) atoms. The van der Waals surface area contributed by atoms with E-state index in [1.54, 1.807) is 62.6 Å². The van der Waals surface area contributed by atoms with Crippen molar-refractivity contribution in [1.82, 2.24) is 4.90 Å². The van der Waals surface area contributed by atoms with Crippen LogP contribution in [0.15, 0.2) is 48.5 Å². The van der Waals surface area contributed by atoms with E-state index in [0.717, 1.165) is 5.56 Å². The van der Waals surface area contributed by atoms with Crippen molar-refractivity contribution < 1.29 is 9.59 Å². The Morgan fingerprint density at radius 2 is 1.68 bits per heavy atom. The van der Waals surface area contributed by atoms with E-state index in [1.807, 2.05) is 0 Å². The highest BCUT2D eigenvalue weighted by molar-refractivity contribution is 6.30. The molecule has 0 atom stereocenters. The number of hydrogen-bond acceptors (Lipinski definition) is 2. The fraction of sp³-hybridized carbons (Fsp3) is 0.176. The summed E-state index contributed by atoms with van der Waals surface area (Å²) in [5, 5.41) is 3.42. The number of benzene rings is 2. The first kappa shape index (κ1) is 16.0. The number of rotatable bonds is 4. The van der Waals surface area contributed by atoms with Crippen LogP contribution in [0.5, 0.6) is 0 Å². The van der Waals surface area contributed by atoms with Gasteiger partial charge in [-0.3, -0.25) is 9.59 Å². The first-order valence-corrected chi connectivity index (χ1v) is 7.20. The highest BCUT2D eigenvalue weighted by atomic mass is 35.5. The van der Waals surface area contributed by atoms with Gasteiger partial charge in [-0.2, -0.15) is 0 Å². The molecule has 4 nitrogen and oxygen atoms in total. The molecule has 0 heterocycles. The van der Waals surface area contributed by atoms with Gasteiger partial charge in [-0.15, -0.1) is 0 Å². The lowest BCUT2D eigenvalue weighted by Crippen LogP contribution is -2.24. The maximum atomic E-state index is 12.1. The largest absolute Gasteiger partial charge is 0.345 e. The number of para-hydroxylation sites is 1. The highest BCUT2D eigenvalue weighted by Crippen LogP contribution is 2.17. The molecule has 1 N–H and O–H groups in total. The topological polar surface area (TPSA) is 49.4 Å². The Labute approximate surface area is 134 Å². The van der Waals surface area contributed by atoms with Crippen molar-refractivity contribution in [2.24, 2.45) is 0 Å². The normalized spacial score (nSPS) is 10.1. The van der Waals surface area contributed by atoms with Gasteiger partial charge in [-0.1, -0.05) is 35.9 Å². The average Bonchev–Trinajstić information content (AvgIpc) is 2.49. The Bertz CT molecular complexity index is 681.